The van der Waals surface area contributed by atoms with E-state index in [2.05, 4.69) is 30.6 Å². The number of rotatable bonds is 6. The van der Waals surface area contributed by atoms with Gasteiger partial charge in [-0.3, -0.25) is 0 Å². The smallest absolute Gasteiger partial charge is 0.122 e. The summed E-state index contributed by atoms with van der Waals surface area (Å²) in [5, 5.41) is 0. The van der Waals surface area contributed by atoms with Crippen LogP contribution < -0.4 is 10.5 Å². The summed E-state index contributed by atoms with van der Waals surface area (Å²) in [6.07, 6.45) is 0. The molecule has 0 unspecified atom stereocenters. The van der Waals surface area contributed by atoms with E-state index in [0.717, 1.165) is 43.1 Å². The second-order valence-electron chi connectivity index (χ2n) is 4.36. The van der Waals surface area contributed by atoms with Crippen molar-refractivity contribution in [3.05, 3.63) is 29.3 Å². The molecule has 0 radical (unpaired) electrons. The van der Waals surface area contributed by atoms with Crippen LogP contribution in [0.2, 0.25) is 0 Å². The van der Waals surface area contributed by atoms with Crippen LogP contribution in [0.25, 0.3) is 0 Å². The molecule has 1 aromatic rings. The number of hydrogen-bond acceptors (Lipinski definition) is 3. The summed E-state index contributed by atoms with van der Waals surface area (Å²) in [5.74, 6) is 6.82. The zero-order valence-electron chi connectivity index (χ0n) is 12.2. The lowest BCUT2D eigenvalue weighted by atomic mass is 10.1. The van der Waals surface area contributed by atoms with Crippen LogP contribution in [0.5, 0.6) is 5.75 Å². The molecule has 19 heavy (non-hydrogen) atoms. The standard InChI is InChI=1S/C16H24N2O/c1-4-18(5-2)11-12-19-16-9-8-15(7-6-10-17)13-14(16)3/h8-9,13H,4-5,10-12,17H2,1-3H3. The molecule has 0 aliphatic heterocycles. The quantitative estimate of drug-likeness (QED) is 0.795. The van der Waals surface area contributed by atoms with Crippen molar-refractivity contribution in [2.75, 3.05) is 32.8 Å². The van der Waals surface area contributed by atoms with E-state index < -0.39 is 0 Å². The zero-order valence-corrected chi connectivity index (χ0v) is 12.2. The number of ether oxygens (including phenoxy) is 1. The summed E-state index contributed by atoms with van der Waals surface area (Å²) in [5.41, 5.74) is 7.46. The Kier molecular flexibility index (Phi) is 7.02. The highest BCUT2D eigenvalue weighted by Gasteiger charge is 2.02. The van der Waals surface area contributed by atoms with Crippen molar-refractivity contribution >= 4 is 0 Å². The highest BCUT2D eigenvalue weighted by molar-refractivity contribution is 5.43. The SMILES string of the molecule is CCN(CC)CCOc1ccc(C#CCN)cc1C. The Balaban J connectivity index is 2.55. The van der Waals surface area contributed by atoms with Crippen LogP contribution in [0.3, 0.4) is 0 Å². The molecule has 0 aromatic heterocycles. The monoisotopic (exact) mass is 260 g/mol. The zero-order chi connectivity index (χ0) is 14.1. The Labute approximate surface area is 116 Å². The number of nitrogens with zero attached hydrogens (tertiary/aromatic N) is 1. The molecule has 0 spiro atoms. The Bertz CT molecular complexity index is 442. The molecular weight excluding hydrogens is 236 g/mol. The van der Waals surface area contributed by atoms with Crippen molar-refractivity contribution in [2.24, 2.45) is 5.73 Å². The van der Waals surface area contributed by atoms with Gasteiger partial charge in [-0.15, -0.1) is 0 Å². The van der Waals surface area contributed by atoms with Crippen molar-refractivity contribution < 1.29 is 4.74 Å². The van der Waals surface area contributed by atoms with Gasteiger partial charge in [0.2, 0.25) is 0 Å². The first-order valence-electron chi connectivity index (χ1n) is 6.86. The molecule has 0 aliphatic carbocycles. The molecule has 0 fully saturated rings. The van der Waals surface area contributed by atoms with E-state index >= 15 is 0 Å². The van der Waals surface area contributed by atoms with E-state index in [1.807, 2.05) is 25.1 Å². The van der Waals surface area contributed by atoms with E-state index in [9.17, 15) is 0 Å². The minimum absolute atomic E-state index is 0.390. The number of aryl methyl sites for hydroxylation is 1. The fourth-order valence-corrected chi connectivity index (χ4v) is 1.87. The first kappa shape index (κ1) is 15.6. The molecule has 3 nitrogen and oxygen atoms in total. The third-order valence-electron chi connectivity index (χ3n) is 3.07. The maximum Gasteiger partial charge on any atom is 0.122 e. The van der Waals surface area contributed by atoms with Crippen molar-refractivity contribution in [3.8, 4) is 17.6 Å². The highest BCUT2D eigenvalue weighted by atomic mass is 16.5. The van der Waals surface area contributed by atoms with Gasteiger partial charge in [-0.05, 0) is 43.8 Å². The van der Waals surface area contributed by atoms with Crippen LogP contribution in [0, 0.1) is 18.8 Å². The molecule has 1 rings (SSSR count). The van der Waals surface area contributed by atoms with E-state index in [0.29, 0.717) is 6.54 Å². The summed E-state index contributed by atoms with van der Waals surface area (Å²) >= 11 is 0. The highest BCUT2D eigenvalue weighted by Crippen LogP contribution is 2.18. The summed E-state index contributed by atoms with van der Waals surface area (Å²) in [4.78, 5) is 2.34. The van der Waals surface area contributed by atoms with Crippen molar-refractivity contribution in [1.82, 2.24) is 4.90 Å². The van der Waals surface area contributed by atoms with Crippen LogP contribution in [-0.2, 0) is 0 Å². The molecule has 0 aliphatic rings. The maximum absolute atomic E-state index is 5.82. The van der Waals surface area contributed by atoms with Gasteiger partial charge in [0, 0.05) is 12.1 Å². The van der Waals surface area contributed by atoms with Crippen molar-refractivity contribution in [2.45, 2.75) is 20.8 Å². The average Bonchev–Trinajstić information content (AvgIpc) is 2.43. The molecule has 104 valence electrons. The second-order valence-corrected chi connectivity index (χ2v) is 4.36. The van der Waals surface area contributed by atoms with Gasteiger partial charge in [0.05, 0.1) is 6.54 Å². The Morgan fingerprint density at radius 3 is 2.58 bits per heavy atom. The minimum Gasteiger partial charge on any atom is -0.492 e. The van der Waals surface area contributed by atoms with Crippen LogP contribution in [-0.4, -0.2) is 37.7 Å². The van der Waals surface area contributed by atoms with E-state index in [4.69, 9.17) is 10.5 Å². The topological polar surface area (TPSA) is 38.5 Å². The first-order chi connectivity index (χ1) is 9.21. The largest absolute Gasteiger partial charge is 0.492 e. The van der Waals surface area contributed by atoms with Gasteiger partial charge >= 0.3 is 0 Å². The molecule has 0 heterocycles. The Morgan fingerprint density at radius 1 is 1.26 bits per heavy atom. The molecule has 0 saturated heterocycles. The van der Waals surface area contributed by atoms with E-state index in [1.54, 1.807) is 0 Å². The third kappa shape index (κ3) is 5.34. The minimum atomic E-state index is 0.390. The van der Waals surface area contributed by atoms with Gasteiger partial charge in [-0.1, -0.05) is 25.7 Å². The molecule has 0 amide bonds. The molecule has 0 saturated carbocycles. The molecule has 0 bridgehead atoms. The number of likely N-dealkylation sites (N-methyl/N-ethyl adjacent to an activating group) is 1. The lowest BCUT2D eigenvalue weighted by Gasteiger charge is -2.18. The number of nitrogens with two attached hydrogens (primary N) is 1. The molecular formula is C16H24N2O. The summed E-state index contributed by atoms with van der Waals surface area (Å²) in [7, 11) is 0. The normalized spacial score (nSPS) is 10.2. The number of hydrogen-bond donors (Lipinski definition) is 1. The number of benzene rings is 1. The Morgan fingerprint density at radius 2 is 2.00 bits per heavy atom. The van der Waals surface area contributed by atoms with Gasteiger partial charge < -0.3 is 15.4 Å². The fourth-order valence-electron chi connectivity index (χ4n) is 1.87. The molecule has 0 atom stereocenters. The van der Waals surface area contributed by atoms with Gasteiger partial charge in [0.1, 0.15) is 12.4 Å². The average molecular weight is 260 g/mol. The fraction of sp³-hybridized carbons (Fsp3) is 0.500. The van der Waals surface area contributed by atoms with Crippen LogP contribution in [0.1, 0.15) is 25.0 Å². The lowest BCUT2D eigenvalue weighted by molar-refractivity contribution is 0.222. The van der Waals surface area contributed by atoms with E-state index in [1.165, 1.54) is 0 Å². The van der Waals surface area contributed by atoms with Gasteiger partial charge in [-0.25, -0.2) is 0 Å². The van der Waals surface area contributed by atoms with E-state index in [-0.39, 0.29) is 0 Å². The lowest BCUT2D eigenvalue weighted by Crippen LogP contribution is -2.28. The maximum atomic E-state index is 5.82. The molecule has 3 heteroatoms. The van der Waals surface area contributed by atoms with Crippen molar-refractivity contribution in [3.63, 3.8) is 0 Å². The van der Waals surface area contributed by atoms with Crippen LogP contribution in [0.15, 0.2) is 18.2 Å². The van der Waals surface area contributed by atoms with Gasteiger partial charge in [0.25, 0.3) is 0 Å². The summed E-state index contributed by atoms with van der Waals surface area (Å²) in [6, 6.07) is 6.00. The van der Waals surface area contributed by atoms with Crippen LogP contribution >= 0.6 is 0 Å². The molecule has 1 aromatic carbocycles. The molecule has 2 N–H and O–H groups in total. The van der Waals surface area contributed by atoms with Crippen molar-refractivity contribution in [1.29, 1.82) is 0 Å². The Hall–Kier alpha value is -1.50. The first-order valence-corrected chi connectivity index (χ1v) is 6.86. The van der Waals surface area contributed by atoms with Gasteiger partial charge in [0.15, 0.2) is 0 Å². The van der Waals surface area contributed by atoms with Crippen LogP contribution in [0.4, 0.5) is 0 Å². The summed E-state index contributed by atoms with van der Waals surface area (Å²) < 4.78 is 5.82. The third-order valence-corrected chi connectivity index (χ3v) is 3.07. The van der Waals surface area contributed by atoms with Gasteiger partial charge in [-0.2, -0.15) is 0 Å². The predicted octanol–water partition coefficient (Wildman–Crippen LogP) is 2.03. The predicted molar refractivity (Wildman–Crippen MR) is 80.4 cm³/mol. The second kappa shape index (κ2) is 8.58. The summed E-state index contributed by atoms with van der Waals surface area (Å²) in [6.45, 7) is 10.6.